The molecule has 3 rings (SSSR count). The number of fused-ring (bicyclic) bond motifs is 3. The molecule has 1 aliphatic heterocycles. The Morgan fingerprint density at radius 1 is 1.10 bits per heavy atom. The third-order valence-corrected chi connectivity index (χ3v) is 8.81. The quantitative estimate of drug-likeness (QED) is 0.344. The Morgan fingerprint density at radius 3 is 2.50 bits per heavy atom. The number of ether oxygens (including phenoxy) is 2. The number of halogens is 1. The molecule has 0 radical (unpaired) electrons. The molecule has 3 nitrogen and oxygen atoms in total. The number of rotatable bonds is 0. The zero-order valence-corrected chi connectivity index (χ0v) is 15.0. The molecule has 0 bridgehead atoms. The van der Waals surface area contributed by atoms with Crippen LogP contribution in [0.15, 0.2) is 0 Å². The minimum Gasteiger partial charge on any atom is -0.434 e. The maximum absolute atomic E-state index is 11.5. The highest BCUT2D eigenvalue weighted by Gasteiger charge is 2.63. The van der Waals surface area contributed by atoms with Crippen molar-refractivity contribution in [3.05, 3.63) is 0 Å². The van der Waals surface area contributed by atoms with Crippen molar-refractivity contribution < 1.29 is 14.3 Å². The Balaban J connectivity index is 1.97. The second-order valence-corrected chi connectivity index (χ2v) is 9.46. The molecule has 3 aliphatic rings. The number of cyclic esters (lactones) is 1. The predicted molar refractivity (Wildman–Crippen MR) is 86.0 cm³/mol. The molecule has 1 saturated heterocycles. The normalized spacial score (nSPS) is 50.5. The fourth-order valence-corrected chi connectivity index (χ4v) is 6.08. The summed E-state index contributed by atoms with van der Waals surface area (Å²) in [6.07, 6.45) is 4.12. The highest BCUT2D eigenvalue weighted by Crippen LogP contribution is 2.64. The number of hydrogen-bond donors (Lipinski definition) is 0. The summed E-state index contributed by atoms with van der Waals surface area (Å²) in [5.41, 5.74) is 0.240. The van der Waals surface area contributed by atoms with Crippen LogP contribution in [0.4, 0.5) is 4.79 Å². The van der Waals surface area contributed by atoms with Crippen molar-refractivity contribution in [1.29, 1.82) is 0 Å². The first-order chi connectivity index (χ1) is 9.20. The zero-order valence-electron chi connectivity index (χ0n) is 12.9. The number of alkyl halides is 1. The van der Waals surface area contributed by atoms with Crippen molar-refractivity contribution in [2.45, 2.75) is 62.9 Å². The van der Waals surface area contributed by atoms with Crippen molar-refractivity contribution >= 4 is 28.7 Å². The van der Waals surface area contributed by atoms with Gasteiger partial charge in [-0.3, -0.25) is 0 Å². The van der Waals surface area contributed by atoms with Crippen LogP contribution in [0.5, 0.6) is 0 Å². The van der Waals surface area contributed by atoms with Gasteiger partial charge >= 0.3 is 6.16 Å². The van der Waals surface area contributed by atoms with Gasteiger partial charge in [0.2, 0.25) is 0 Å². The molecule has 0 aromatic carbocycles. The molecule has 2 saturated carbocycles. The van der Waals surface area contributed by atoms with Gasteiger partial charge in [-0.2, -0.15) is 0 Å². The smallest absolute Gasteiger partial charge is 0.434 e. The van der Waals surface area contributed by atoms with Gasteiger partial charge in [0.05, 0.1) is 0 Å². The van der Waals surface area contributed by atoms with Crippen LogP contribution in [-0.2, 0) is 9.47 Å². The number of carbonyl (C=O) groups excluding carboxylic acids is 1. The summed E-state index contributed by atoms with van der Waals surface area (Å²) in [6, 6.07) is 0. The van der Waals surface area contributed by atoms with Gasteiger partial charge in [-0.15, -0.1) is 0 Å². The molecule has 0 spiro atoms. The Hall–Kier alpha value is 0. The van der Waals surface area contributed by atoms with E-state index in [4.69, 9.17) is 9.47 Å². The first-order valence-electron chi connectivity index (χ1n) is 7.70. The van der Waals surface area contributed by atoms with Crippen molar-refractivity contribution in [2.75, 3.05) is 6.61 Å². The Kier molecular flexibility index (Phi) is 3.35. The van der Waals surface area contributed by atoms with Gasteiger partial charge in [-0.25, -0.2) is 4.79 Å². The minimum absolute atomic E-state index is 0.221. The molecule has 0 amide bonds. The summed E-state index contributed by atoms with van der Waals surface area (Å²) in [4.78, 5) is 11.5. The number of hydrogen-bond acceptors (Lipinski definition) is 3. The van der Waals surface area contributed by atoms with Crippen LogP contribution in [0.3, 0.4) is 0 Å². The van der Waals surface area contributed by atoms with E-state index in [2.05, 4.69) is 50.3 Å². The fourth-order valence-electron chi connectivity index (χ4n) is 5.33. The van der Waals surface area contributed by atoms with Gasteiger partial charge in [0.15, 0.2) is 0 Å². The topological polar surface area (TPSA) is 35.5 Å². The lowest BCUT2D eigenvalue weighted by Gasteiger charge is -2.63. The van der Waals surface area contributed by atoms with Crippen molar-refractivity contribution in [3.63, 3.8) is 0 Å². The summed E-state index contributed by atoms with van der Waals surface area (Å²) in [6.45, 7) is 9.90. The molecule has 0 aromatic rings. The molecule has 20 heavy (non-hydrogen) atoms. The fraction of sp³-hybridized carbons (Fsp3) is 0.938. The van der Waals surface area contributed by atoms with Crippen molar-refractivity contribution in [3.8, 4) is 0 Å². The lowest BCUT2D eigenvalue weighted by atomic mass is 9.45. The van der Waals surface area contributed by atoms with E-state index in [1.54, 1.807) is 0 Å². The van der Waals surface area contributed by atoms with E-state index >= 15 is 0 Å². The lowest BCUT2D eigenvalue weighted by molar-refractivity contribution is -0.212. The third-order valence-electron chi connectivity index (χ3n) is 6.58. The monoisotopic (exact) mass is 392 g/mol. The molecule has 3 fully saturated rings. The van der Waals surface area contributed by atoms with Gasteiger partial charge in [-0.05, 0) is 49.4 Å². The van der Waals surface area contributed by atoms with Gasteiger partial charge < -0.3 is 9.47 Å². The summed E-state index contributed by atoms with van der Waals surface area (Å²) in [5, 5.41) is 0. The van der Waals surface area contributed by atoms with Gasteiger partial charge in [0, 0.05) is 9.84 Å². The first-order valence-corrected chi connectivity index (χ1v) is 8.94. The molecule has 2 aliphatic carbocycles. The third kappa shape index (κ3) is 1.92. The Labute approximate surface area is 135 Å². The standard InChI is InChI=1S/C16H25IO3/c1-14(2)10-5-8-16(4)11(9-19-13(18)20-16)15(10,3)7-6-12(14)17/h10-12H,5-9H2,1-4H3/t10-,11-,12-,15-,16+/m0/s1. The average Bonchev–Trinajstić information content (AvgIpc) is 2.33. The highest BCUT2D eigenvalue weighted by molar-refractivity contribution is 14.1. The van der Waals surface area contributed by atoms with E-state index in [-0.39, 0.29) is 11.0 Å². The van der Waals surface area contributed by atoms with Crippen LogP contribution in [0.2, 0.25) is 0 Å². The molecule has 1 heterocycles. The molecular weight excluding hydrogens is 367 g/mol. The van der Waals surface area contributed by atoms with Gasteiger partial charge in [-0.1, -0.05) is 43.4 Å². The SMILES string of the molecule is CC1(C)[C@@H](I)CC[C@@]2(C)[C@H]1CC[C@@]1(C)OC(=O)OC[C@@H]21. The van der Waals surface area contributed by atoms with Gasteiger partial charge in [0.1, 0.15) is 12.2 Å². The van der Waals surface area contributed by atoms with Crippen LogP contribution in [0.25, 0.3) is 0 Å². The van der Waals surface area contributed by atoms with E-state index in [0.29, 0.717) is 23.9 Å². The van der Waals surface area contributed by atoms with E-state index in [9.17, 15) is 4.79 Å². The van der Waals surface area contributed by atoms with Crippen LogP contribution in [0.1, 0.15) is 53.4 Å². The zero-order chi connectivity index (χ0) is 14.8. The van der Waals surface area contributed by atoms with E-state index in [0.717, 1.165) is 16.8 Å². The Morgan fingerprint density at radius 2 is 1.80 bits per heavy atom. The molecule has 0 N–H and O–H groups in total. The molecule has 5 atom stereocenters. The Bertz CT molecular complexity index is 435. The average molecular weight is 392 g/mol. The summed E-state index contributed by atoms with van der Waals surface area (Å²) < 4.78 is 11.6. The maximum atomic E-state index is 11.5. The van der Waals surface area contributed by atoms with Crippen molar-refractivity contribution in [1.82, 2.24) is 0 Å². The molecule has 0 aromatic heterocycles. The molecule has 114 valence electrons. The van der Waals surface area contributed by atoms with Crippen molar-refractivity contribution in [2.24, 2.45) is 22.7 Å². The second kappa shape index (κ2) is 4.50. The van der Waals surface area contributed by atoms with E-state index < -0.39 is 6.16 Å². The van der Waals surface area contributed by atoms with Crippen LogP contribution in [-0.4, -0.2) is 22.3 Å². The molecular formula is C16H25IO3. The maximum Gasteiger partial charge on any atom is 0.508 e. The largest absolute Gasteiger partial charge is 0.508 e. The van der Waals surface area contributed by atoms with E-state index in [1.807, 2.05) is 0 Å². The van der Waals surface area contributed by atoms with Gasteiger partial charge in [0.25, 0.3) is 0 Å². The summed E-state index contributed by atoms with van der Waals surface area (Å²) in [7, 11) is 0. The summed E-state index contributed by atoms with van der Waals surface area (Å²) >= 11 is 2.63. The van der Waals surface area contributed by atoms with Crippen LogP contribution >= 0.6 is 22.6 Å². The number of carbonyl (C=O) groups is 1. The van der Waals surface area contributed by atoms with Crippen LogP contribution in [0, 0.1) is 22.7 Å². The lowest BCUT2D eigenvalue weighted by Crippen LogP contribution is -2.63. The first kappa shape index (κ1) is 14.9. The van der Waals surface area contributed by atoms with E-state index in [1.165, 1.54) is 12.8 Å². The molecule has 0 unspecified atom stereocenters. The predicted octanol–water partition coefficient (Wildman–Crippen LogP) is 4.57. The molecule has 4 heteroatoms. The van der Waals surface area contributed by atoms with Crippen LogP contribution < -0.4 is 0 Å². The summed E-state index contributed by atoms with van der Waals surface area (Å²) in [5.74, 6) is 1.01. The highest BCUT2D eigenvalue weighted by atomic mass is 127. The minimum atomic E-state index is -0.479. The second-order valence-electron chi connectivity index (χ2n) is 7.95.